The molecule has 0 aromatic rings. The van der Waals surface area contributed by atoms with Gasteiger partial charge in [-0.3, -0.25) is 17.4 Å². The van der Waals surface area contributed by atoms with Gasteiger partial charge in [0.05, 0.1) is 0 Å². The van der Waals surface area contributed by atoms with Crippen LogP contribution in [0.2, 0.25) is 0 Å². The zero-order valence-corrected chi connectivity index (χ0v) is 7.69. The average Bonchev–Trinajstić information content (AvgIpc) is 2.81. The monoisotopic (exact) mass is 208 g/mol. The van der Waals surface area contributed by atoms with Crippen molar-refractivity contribution >= 4 is 0 Å². The average molecular weight is 208 g/mol. The number of hydrogen-bond donors (Lipinski definition) is 1. The Balaban J connectivity index is 0.000000215. The molecule has 0 aliphatic heterocycles. The fourth-order valence-electron chi connectivity index (χ4n) is 0.530. The van der Waals surface area contributed by atoms with E-state index in [1.807, 2.05) is 0 Å². The van der Waals surface area contributed by atoms with Crippen LogP contribution in [0.4, 0.5) is 0 Å². The van der Waals surface area contributed by atoms with Crippen LogP contribution in [0, 0.1) is 42.1 Å². The molecule has 2 aliphatic carbocycles. The maximum absolute atomic E-state index is 8.36. The molecule has 2 aliphatic rings. The summed E-state index contributed by atoms with van der Waals surface area (Å²) < 4.78 is 0. The van der Waals surface area contributed by atoms with E-state index in [0.29, 0.717) is 0 Å². The summed E-state index contributed by atoms with van der Waals surface area (Å²) in [4.78, 5) is 0. The minimum absolute atomic E-state index is 0. The summed E-state index contributed by atoms with van der Waals surface area (Å²) in [7, 11) is 0. The molecule has 0 saturated carbocycles. The molecular formula is C11H4FeO. The first kappa shape index (κ1) is 11.9. The normalized spacial score (nSPS) is 17.5. The van der Waals surface area contributed by atoms with Crippen molar-refractivity contribution in [2.45, 2.75) is 0 Å². The van der Waals surface area contributed by atoms with Crippen LogP contribution in [0.3, 0.4) is 0 Å². The Morgan fingerprint density at radius 3 is 2.31 bits per heavy atom. The van der Waals surface area contributed by atoms with E-state index in [1.165, 1.54) is 0 Å². The SMILES string of the molecule is OCC1[C]=[C-]C#C1.[C]1=C=C=C=[C-]1.[Fe+2]. The first-order valence-electron chi connectivity index (χ1n) is 3.30. The molecule has 2 rings (SSSR count). The summed E-state index contributed by atoms with van der Waals surface area (Å²) in [6.07, 6.45) is 10.2. The number of rotatable bonds is 1. The van der Waals surface area contributed by atoms with Gasteiger partial charge < -0.3 is 11.0 Å². The Hall–Kier alpha value is -1.14. The predicted molar refractivity (Wildman–Crippen MR) is 41.9 cm³/mol. The van der Waals surface area contributed by atoms with Crippen molar-refractivity contribution < 1.29 is 22.2 Å². The Morgan fingerprint density at radius 2 is 2.08 bits per heavy atom. The molecular weight excluding hydrogens is 204 g/mol. The van der Waals surface area contributed by atoms with Gasteiger partial charge in [0.2, 0.25) is 0 Å². The van der Waals surface area contributed by atoms with Gasteiger partial charge >= 0.3 is 17.1 Å². The number of aliphatic hydroxyl groups excluding tert-OH is 1. The number of aliphatic hydroxyl groups is 1. The van der Waals surface area contributed by atoms with Gasteiger partial charge in [-0.05, 0) is 5.92 Å². The predicted octanol–water partition coefficient (Wildman–Crippen LogP) is 0.400. The number of allylic oxidation sites excluding steroid dienone is 3. The fourth-order valence-corrected chi connectivity index (χ4v) is 0.530. The quantitative estimate of drug-likeness (QED) is 0.286. The van der Waals surface area contributed by atoms with E-state index in [9.17, 15) is 0 Å². The van der Waals surface area contributed by atoms with Gasteiger partial charge in [-0.1, -0.05) is 0 Å². The van der Waals surface area contributed by atoms with E-state index < -0.39 is 0 Å². The molecule has 0 amide bonds. The van der Waals surface area contributed by atoms with Crippen LogP contribution in [0.15, 0.2) is 17.2 Å². The maximum atomic E-state index is 8.36. The summed E-state index contributed by atoms with van der Waals surface area (Å²) in [5, 5.41) is 8.36. The first-order chi connectivity index (χ1) is 5.93. The molecule has 0 spiro atoms. The number of hydrogen-bond acceptors (Lipinski definition) is 1. The van der Waals surface area contributed by atoms with E-state index in [0.717, 1.165) is 0 Å². The van der Waals surface area contributed by atoms with Crippen molar-refractivity contribution in [3.63, 3.8) is 0 Å². The summed E-state index contributed by atoms with van der Waals surface area (Å²) in [5.74, 6) is 5.17. The van der Waals surface area contributed by atoms with Crippen LogP contribution in [0.5, 0.6) is 0 Å². The fraction of sp³-hybridized carbons (Fsp3) is 0.182. The molecule has 1 atom stereocenters. The van der Waals surface area contributed by atoms with Crippen molar-refractivity contribution in [3.05, 3.63) is 41.5 Å². The van der Waals surface area contributed by atoms with Crippen molar-refractivity contribution in [2.75, 3.05) is 6.61 Å². The van der Waals surface area contributed by atoms with Crippen LogP contribution in [-0.4, -0.2) is 11.7 Å². The molecule has 0 heterocycles. The molecule has 0 fully saturated rings. The van der Waals surface area contributed by atoms with Gasteiger partial charge in [-0.15, -0.1) is 18.2 Å². The van der Waals surface area contributed by atoms with E-state index in [2.05, 4.69) is 53.3 Å². The molecule has 13 heavy (non-hydrogen) atoms. The second-order valence-corrected chi connectivity index (χ2v) is 1.90. The third-order valence-electron chi connectivity index (χ3n) is 1.05. The van der Waals surface area contributed by atoms with Gasteiger partial charge in [0.15, 0.2) is 0 Å². The van der Waals surface area contributed by atoms with Crippen LogP contribution < -0.4 is 0 Å². The van der Waals surface area contributed by atoms with Crippen LogP contribution in [0.1, 0.15) is 0 Å². The van der Waals surface area contributed by atoms with Crippen LogP contribution in [0.25, 0.3) is 0 Å². The minimum atomic E-state index is -0.0694. The summed E-state index contributed by atoms with van der Waals surface area (Å²) in [5.41, 5.74) is 7.50. The molecule has 0 aromatic heterocycles. The third-order valence-corrected chi connectivity index (χ3v) is 1.05. The van der Waals surface area contributed by atoms with Gasteiger partial charge in [0, 0.05) is 6.61 Å². The van der Waals surface area contributed by atoms with Crippen molar-refractivity contribution in [2.24, 2.45) is 5.92 Å². The van der Waals surface area contributed by atoms with E-state index in [1.54, 1.807) is 0 Å². The standard InChI is InChI=1S/C6H4O.C5.Fe/c7-5-6-3-1-2-4-6;1-2-4-5-3-1;/h6-7H,5H2;;/q2*-1;+2. The second kappa shape index (κ2) is 7.51. The molecule has 2 radical (unpaired) electrons. The smallest absolute Gasteiger partial charge is 0.397 e. The van der Waals surface area contributed by atoms with E-state index in [4.69, 9.17) is 5.11 Å². The van der Waals surface area contributed by atoms with Crippen molar-refractivity contribution in [1.29, 1.82) is 0 Å². The van der Waals surface area contributed by atoms with E-state index in [-0.39, 0.29) is 29.6 Å². The Morgan fingerprint density at radius 1 is 1.23 bits per heavy atom. The van der Waals surface area contributed by atoms with Crippen molar-refractivity contribution in [3.8, 4) is 11.8 Å². The summed E-state index contributed by atoms with van der Waals surface area (Å²) in [6.45, 7) is 0.0694. The molecule has 0 aromatic carbocycles. The third kappa shape index (κ3) is 5.15. The molecule has 1 N–H and O–H groups in total. The van der Waals surface area contributed by atoms with Crippen LogP contribution >= 0.6 is 0 Å². The van der Waals surface area contributed by atoms with Gasteiger partial charge in [-0.2, -0.15) is 6.08 Å². The molecule has 0 saturated heterocycles. The zero-order chi connectivity index (χ0) is 8.65. The Bertz CT molecular complexity index is 347. The molecule has 0 bridgehead atoms. The second-order valence-electron chi connectivity index (χ2n) is 1.90. The zero-order valence-electron chi connectivity index (χ0n) is 6.59. The van der Waals surface area contributed by atoms with Gasteiger partial charge in [-0.25, -0.2) is 5.73 Å². The molecule has 1 nitrogen and oxygen atoms in total. The first-order valence-corrected chi connectivity index (χ1v) is 3.30. The maximum Gasteiger partial charge on any atom is 2.00 e. The molecule has 2 heteroatoms. The summed E-state index contributed by atoms with van der Waals surface area (Å²) in [6, 6.07) is 0. The topological polar surface area (TPSA) is 20.2 Å². The van der Waals surface area contributed by atoms with Crippen LogP contribution in [-0.2, 0) is 17.1 Å². The molecule has 1 unspecified atom stereocenters. The molecule has 62 valence electrons. The van der Waals surface area contributed by atoms with Crippen molar-refractivity contribution in [1.82, 2.24) is 0 Å². The summed E-state index contributed by atoms with van der Waals surface area (Å²) >= 11 is 0. The van der Waals surface area contributed by atoms with Gasteiger partial charge in [0.1, 0.15) is 0 Å². The Kier molecular flexibility index (Phi) is 6.85. The van der Waals surface area contributed by atoms with Gasteiger partial charge in [0.25, 0.3) is 0 Å². The minimum Gasteiger partial charge on any atom is -0.397 e. The Labute approximate surface area is 88.3 Å². The largest absolute Gasteiger partial charge is 2.00 e. The van der Waals surface area contributed by atoms with E-state index >= 15 is 0 Å².